The van der Waals surface area contributed by atoms with Gasteiger partial charge >= 0.3 is 0 Å². The van der Waals surface area contributed by atoms with E-state index < -0.39 is 0 Å². The molecule has 5 heteroatoms. The van der Waals surface area contributed by atoms with Gasteiger partial charge in [-0.1, -0.05) is 0 Å². The van der Waals surface area contributed by atoms with Gasteiger partial charge in [0.05, 0.1) is 13.2 Å². The average molecular weight is 268 g/mol. The van der Waals surface area contributed by atoms with Crippen LogP contribution >= 0.6 is 0 Å². The smallest absolute Gasteiger partial charge is 0.223 e. The number of amides is 1. The zero-order valence-corrected chi connectivity index (χ0v) is 11.5. The van der Waals surface area contributed by atoms with Crippen molar-refractivity contribution in [2.45, 2.75) is 44.4 Å². The van der Waals surface area contributed by atoms with Gasteiger partial charge in [0.25, 0.3) is 0 Å². The first-order valence-electron chi connectivity index (χ1n) is 7.57. The molecule has 1 N–H and O–H groups in total. The van der Waals surface area contributed by atoms with Gasteiger partial charge < -0.3 is 19.7 Å². The molecular weight excluding hydrogens is 244 g/mol. The minimum absolute atomic E-state index is 0.0126. The van der Waals surface area contributed by atoms with Crippen molar-refractivity contribution in [1.82, 2.24) is 10.2 Å². The molecular formula is C14H24N2O3. The van der Waals surface area contributed by atoms with Crippen LogP contribution in [0.25, 0.3) is 0 Å². The SMILES string of the molecule is O=C(NC1CCCN(CCC2OCCO2)C1)C1CC1. The molecule has 1 atom stereocenters. The summed E-state index contributed by atoms with van der Waals surface area (Å²) in [6.45, 7) is 4.56. The highest BCUT2D eigenvalue weighted by Gasteiger charge is 2.32. The van der Waals surface area contributed by atoms with Crippen LogP contribution in [-0.4, -0.2) is 56.0 Å². The summed E-state index contributed by atoms with van der Waals surface area (Å²) < 4.78 is 10.9. The summed E-state index contributed by atoms with van der Waals surface area (Å²) in [7, 11) is 0. The van der Waals surface area contributed by atoms with Crippen molar-refractivity contribution in [2.24, 2.45) is 5.92 Å². The Balaban J connectivity index is 1.38. The van der Waals surface area contributed by atoms with Gasteiger partial charge in [0.1, 0.15) is 0 Å². The van der Waals surface area contributed by atoms with Crippen molar-refractivity contribution in [3.8, 4) is 0 Å². The van der Waals surface area contributed by atoms with Crippen LogP contribution < -0.4 is 5.32 Å². The Labute approximate surface area is 114 Å². The van der Waals surface area contributed by atoms with Crippen molar-refractivity contribution >= 4 is 5.91 Å². The van der Waals surface area contributed by atoms with E-state index in [1.807, 2.05) is 0 Å². The van der Waals surface area contributed by atoms with Crippen molar-refractivity contribution < 1.29 is 14.3 Å². The molecule has 0 bridgehead atoms. The van der Waals surface area contributed by atoms with E-state index in [0.717, 1.165) is 58.5 Å². The third-order valence-electron chi connectivity index (χ3n) is 4.17. The zero-order chi connectivity index (χ0) is 13.1. The van der Waals surface area contributed by atoms with Crippen molar-refractivity contribution in [2.75, 3.05) is 32.8 Å². The molecule has 2 heterocycles. The number of likely N-dealkylation sites (tertiary alicyclic amines) is 1. The largest absolute Gasteiger partial charge is 0.352 e. The maximum Gasteiger partial charge on any atom is 0.223 e. The van der Waals surface area contributed by atoms with Gasteiger partial charge in [-0.3, -0.25) is 4.79 Å². The molecule has 1 amide bonds. The number of hydrogen-bond donors (Lipinski definition) is 1. The van der Waals surface area contributed by atoms with Gasteiger partial charge in [-0.15, -0.1) is 0 Å². The molecule has 0 aromatic carbocycles. The second-order valence-electron chi connectivity index (χ2n) is 5.88. The molecule has 0 radical (unpaired) electrons. The zero-order valence-electron chi connectivity index (χ0n) is 11.5. The minimum atomic E-state index is -0.0126. The summed E-state index contributed by atoms with van der Waals surface area (Å²) in [5.74, 6) is 0.588. The highest BCUT2D eigenvalue weighted by Crippen LogP contribution is 2.29. The Kier molecular flexibility index (Phi) is 4.35. The quantitative estimate of drug-likeness (QED) is 0.799. The molecule has 2 aliphatic heterocycles. The second-order valence-corrected chi connectivity index (χ2v) is 5.88. The summed E-state index contributed by atoms with van der Waals surface area (Å²) in [6.07, 6.45) is 5.37. The fourth-order valence-electron chi connectivity index (χ4n) is 2.90. The Bertz CT molecular complexity index is 314. The van der Waals surface area contributed by atoms with E-state index in [-0.39, 0.29) is 12.2 Å². The Morgan fingerprint density at radius 3 is 2.74 bits per heavy atom. The molecule has 3 rings (SSSR count). The van der Waals surface area contributed by atoms with E-state index in [4.69, 9.17) is 9.47 Å². The average Bonchev–Trinajstić information content (AvgIpc) is 3.14. The van der Waals surface area contributed by atoms with Gasteiger partial charge in [-0.25, -0.2) is 0 Å². The lowest BCUT2D eigenvalue weighted by Crippen LogP contribution is -2.48. The van der Waals surface area contributed by atoms with Crippen LogP contribution in [-0.2, 0) is 14.3 Å². The van der Waals surface area contributed by atoms with Gasteiger partial charge in [0.15, 0.2) is 6.29 Å². The van der Waals surface area contributed by atoms with Crippen molar-refractivity contribution in [3.05, 3.63) is 0 Å². The number of nitrogens with one attached hydrogen (secondary N) is 1. The van der Waals surface area contributed by atoms with Crippen LogP contribution in [0.15, 0.2) is 0 Å². The monoisotopic (exact) mass is 268 g/mol. The lowest BCUT2D eigenvalue weighted by atomic mass is 10.1. The normalized spacial score (nSPS) is 29.6. The third-order valence-corrected chi connectivity index (χ3v) is 4.17. The van der Waals surface area contributed by atoms with E-state index in [0.29, 0.717) is 12.0 Å². The number of rotatable bonds is 5. The number of nitrogens with zero attached hydrogens (tertiary/aromatic N) is 1. The van der Waals surface area contributed by atoms with Crippen LogP contribution in [0.3, 0.4) is 0 Å². The number of piperidine rings is 1. The summed E-state index contributed by atoms with van der Waals surface area (Å²) >= 11 is 0. The van der Waals surface area contributed by atoms with Crippen LogP contribution in [0.2, 0.25) is 0 Å². The molecule has 2 saturated heterocycles. The van der Waals surface area contributed by atoms with Gasteiger partial charge in [0.2, 0.25) is 5.91 Å². The summed E-state index contributed by atoms with van der Waals surface area (Å²) in [5, 5.41) is 3.20. The number of carbonyl (C=O) groups is 1. The maximum absolute atomic E-state index is 11.8. The Morgan fingerprint density at radius 1 is 1.21 bits per heavy atom. The Morgan fingerprint density at radius 2 is 2.00 bits per heavy atom. The third kappa shape index (κ3) is 3.91. The highest BCUT2D eigenvalue weighted by molar-refractivity contribution is 5.81. The molecule has 0 aromatic rings. The molecule has 0 aromatic heterocycles. The lowest BCUT2D eigenvalue weighted by Gasteiger charge is -2.33. The lowest BCUT2D eigenvalue weighted by molar-refractivity contribution is -0.123. The van der Waals surface area contributed by atoms with E-state index in [1.165, 1.54) is 6.42 Å². The maximum atomic E-state index is 11.8. The van der Waals surface area contributed by atoms with E-state index in [2.05, 4.69) is 10.2 Å². The molecule has 19 heavy (non-hydrogen) atoms. The molecule has 1 saturated carbocycles. The first kappa shape index (κ1) is 13.3. The fraction of sp³-hybridized carbons (Fsp3) is 0.929. The van der Waals surface area contributed by atoms with Crippen LogP contribution in [0, 0.1) is 5.92 Å². The van der Waals surface area contributed by atoms with Gasteiger partial charge in [-0.05, 0) is 32.2 Å². The second kappa shape index (κ2) is 6.20. The van der Waals surface area contributed by atoms with Crippen molar-refractivity contribution in [1.29, 1.82) is 0 Å². The summed E-state index contributed by atoms with van der Waals surface area (Å²) in [4.78, 5) is 14.2. The number of ether oxygens (including phenoxy) is 2. The molecule has 1 aliphatic carbocycles. The molecule has 3 fully saturated rings. The fourth-order valence-corrected chi connectivity index (χ4v) is 2.90. The first-order valence-corrected chi connectivity index (χ1v) is 7.57. The molecule has 0 spiro atoms. The molecule has 3 aliphatic rings. The van der Waals surface area contributed by atoms with Crippen LogP contribution in [0.5, 0.6) is 0 Å². The predicted octanol–water partition coefficient (Wildman–Crippen LogP) is 0.740. The van der Waals surface area contributed by atoms with Crippen LogP contribution in [0.1, 0.15) is 32.1 Å². The van der Waals surface area contributed by atoms with E-state index in [1.54, 1.807) is 0 Å². The topological polar surface area (TPSA) is 50.8 Å². The predicted molar refractivity (Wildman–Crippen MR) is 70.6 cm³/mol. The van der Waals surface area contributed by atoms with Gasteiger partial charge in [0, 0.05) is 31.5 Å². The standard InChI is InChI=1S/C14H24N2O3/c17-14(11-3-4-11)15-12-2-1-6-16(10-12)7-5-13-18-8-9-19-13/h11-13H,1-10H2,(H,15,17). The van der Waals surface area contributed by atoms with E-state index >= 15 is 0 Å². The summed E-state index contributed by atoms with van der Waals surface area (Å²) in [5.41, 5.74) is 0. The minimum Gasteiger partial charge on any atom is -0.352 e. The Hall–Kier alpha value is -0.650. The number of hydrogen-bond acceptors (Lipinski definition) is 4. The van der Waals surface area contributed by atoms with E-state index in [9.17, 15) is 4.79 Å². The molecule has 108 valence electrons. The molecule has 5 nitrogen and oxygen atoms in total. The molecule has 1 unspecified atom stereocenters. The van der Waals surface area contributed by atoms with Crippen molar-refractivity contribution in [3.63, 3.8) is 0 Å². The van der Waals surface area contributed by atoms with Crippen LogP contribution in [0.4, 0.5) is 0 Å². The first-order chi connectivity index (χ1) is 9.31. The summed E-state index contributed by atoms with van der Waals surface area (Å²) in [6, 6.07) is 0.340. The highest BCUT2D eigenvalue weighted by atomic mass is 16.7. The van der Waals surface area contributed by atoms with Gasteiger partial charge in [-0.2, -0.15) is 0 Å². The number of carbonyl (C=O) groups excluding carboxylic acids is 1.